The summed E-state index contributed by atoms with van der Waals surface area (Å²) in [6.07, 6.45) is 0. The summed E-state index contributed by atoms with van der Waals surface area (Å²) in [4.78, 5) is 19.5. The summed E-state index contributed by atoms with van der Waals surface area (Å²) in [6.45, 7) is 1.76. The first-order valence-electron chi connectivity index (χ1n) is 7.84. The minimum Gasteiger partial charge on any atom is -0.493 e. The van der Waals surface area contributed by atoms with Crippen LogP contribution in [0.25, 0.3) is 10.9 Å². The minimum absolute atomic E-state index is 0.0364. The van der Waals surface area contributed by atoms with Crippen LogP contribution in [0.2, 0.25) is 0 Å². The zero-order chi connectivity index (χ0) is 18.8. The lowest BCUT2D eigenvalue weighted by atomic mass is 10.00. The van der Waals surface area contributed by atoms with Crippen molar-refractivity contribution >= 4 is 16.6 Å². The highest BCUT2D eigenvalue weighted by molar-refractivity contribution is 5.84. The van der Waals surface area contributed by atoms with Gasteiger partial charge in [0.1, 0.15) is 5.82 Å². The number of aromatic nitrogens is 2. The molecule has 0 aliphatic carbocycles. The van der Waals surface area contributed by atoms with Crippen LogP contribution in [0.5, 0.6) is 11.5 Å². The SMILES string of the molecule is COc1ccc(C(N)c2nc(C)nc3ccc([N+](=O)[O-])cc23)cc1OC. The third-order valence-electron chi connectivity index (χ3n) is 4.09. The first-order valence-corrected chi connectivity index (χ1v) is 7.84. The fourth-order valence-corrected chi connectivity index (χ4v) is 2.82. The fraction of sp³-hybridized carbons (Fsp3) is 0.222. The van der Waals surface area contributed by atoms with Gasteiger partial charge in [-0.3, -0.25) is 10.1 Å². The summed E-state index contributed by atoms with van der Waals surface area (Å²) >= 11 is 0. The largest absolute Gasteiger partial charge is 0.493 e. The molecule has 26 heavy (non-hydrogen) atoms. The zero-order valence-electron chi connectivity index (χ0n) is 14.6. The molecular weight excluding hydrogens is 336 g/mol. The Kier molecular flexibility index (Phi) is 4.68. The van der Waals surface area contributed by atoms with Crippen LogP contribution in [0.15, 0.2) is 36.4 Å². The van der Waals surface area contributed by atoms with Crippen LogP contribution in [-0.4, -0.2) is 29.1 Å². The number of methoxy groups -OCH3 is 2. The Morgan fingerprint density at radius 3 is 2.46 bits per heavy atom. The lowest BCUT2D eigenvalue weighted by Gasteiger charge is -2.16. The highest BCUT2D eigenvalue weighted by atomic mass is 16.6. The van der Waals surface area contributed by atoms with Gasteiger partial charge >= 0.3 is 0 Å². The topological polar surface area (TPSA) is 113 Å². The van der Waals surface area contributed by atoms with Crippen molar-refractivity contribution in [3.63, 3.8) is 0 Å². The molecule has 8 nitrogen and oxygen atoms in total. The van der Waals surface area contributed by atoms with Crippen molar-refractivity contribution in [2.75, 3.05) is 14.2 Å². The molecule has 1 unspecified atom stereocenters. The number of nitro benzene ring substituents is 1. The minimum atomic E-state index is -0.610. The van der Waals surface area contributed by atoms with Crippen molar-refractivity contribution in [1.29, 1.82) is 0 Å². The van der Waals surface area contributed by atoms with Crippen molar-refractivity contribution < 1.29 is 14.4 Å². The average Bonchev–Trinajstić information content (AvgIpc) is 2.65. The number of hydrogen-bond donors (Lipinski definition) is 1. The predicted molar refractivity (Wildman–Crippen MR) is 96.5 cm³/mol. The first-order chi connectivity index (χ1) is 12.4. The van der Waals surface area contributed by atoms with Gasteiger partial charge in [0.2, 0.25) is 0 Å². The van der Waals surface area contributed by atoms with E-state index in [9.17, 15) is 10.1 Å². The quantitative estimate of drug-likeness (QED) is 0.553. The summed E-state index contributed by atoms with van der Waals surface area (Å²) < 4.78 is 10.6. The summed E-state index contributed by atoms with van der Waals surface area (Å²) in [5, 5.41) is 11.7. The molecule has 0 aliphatic rings. The summed E-state index contributed by atoms with van der Waals surface area (Å²) in [5.74, 6) is 1.67. The standard InChI is InChI=1S/C18H18N4O4/c1-10-20-14-6-5-12(22(23)24)9-13(14)18(21-10)17(19)11-4-7-15(25-2)16(8-11)26-3/h4-9,17H,19H2,1-3H3. The highest BCUT2D eigenvalue weighted by Crippen LogP contribution is 2.33. The van der Waals surface area contributed by atoms with Gasteiger partial charge in [-0.2, -0.15) is 0 Å². The average molecular weight is 354 g/mol. The van der Waals surface area contributed by atoms with E-state index in [1.807, 2.05) is 6.07 Å². The van der Waals surface area contributed by atoms with E-state index in [2.05, 4.69) is 9.97 Å². The van der Waals surface area contributed by atoms with Crippen LogP contribution in [0, 0.1) is 17.0 Å². The molecule has 1 aromatic heterocycles. The monoisotopic (exact) mass is 354 g/mol. The molecule has 134 valence electrons. The van der Waals surface area contributed by atoms with Gasteiger partial charge in [0, 0.05) is 17.5 Å². The Labute approximate surface area is 149 Å². The number of hydrogen-bond acceptors (Lipinski definition) is 7. The molecule has 1 heterocycles. The number of ether oxygens (including phenoxy) is 2. The van der Waals surface area contributed by atoms with Gasteiger partial charge in [0.15, 0.2) is 11.5 Å². The van der Waals surface area contributed by atoms with Crippen molar-refractivity contribution in [2.45, 2.75) is 13.0 Å². The van der Waals surface area contributed by atoms with Crippen molar-refractivity contribution in [2.24, 2.45) is 5.73 Å². The maximum Gasteiger partial charge on any atom is 0.270 e. The molecule has 0 bridgehead atoms. The van der Waals surface area contributed by atoms with Gasteiger partial charge in [-0.15, -0.1) is 0 Å². The Hall–Kier alpha value is -3.26. The number of fused-ring (bicyclic) bond motifs is 1. The molecule has 1 atom stereocenters. The number of benzene rings is 2. The molecule has 0 amide bonds. The Morgan fingerprint density at radius 2 is 1.81 bits per heavy atom. The second kappa shape index (κ2) is 6.93. The van der Waals surface area contributed by atoms with Crippen LogP contribution in [0.3, 0.4) is 0 Å². The van der Waals surface area contributed by atoms with Crippen LogP contribution in [0.4, 0.5) is 5.69 Å². The Balaban J connectivity index is 2.17. The van der Waals surface area contributed by atoms with Crippen molar-refractivity contribution in [3.8, 4) is 11.5 Å². The van der Waals surface area contributed by atoms with E-state index in [4.69, 9.17) is 15.2 Å². The van der Waals surface area contributed by atoms with Crippen molar-refractivity contribution in [1.82, 2.24) is 9.97 Å². The van der Waals surface area contributed by atoms with E-state index in [-0.39, 0.29) is 5.69 Å². The van der Waals surface area contributed by atoms with Gasteiger partial charge in [-0.1, -0.05) is 6.07 Å². The van der Waals surface area contributed by atoms with E-state index in [1.165, 1.54) is 12.1 Å². The van der Waals surface area contributed by atoms with E-state index < -0.39 is 11.0 Å². The molecule has 0 spiro atoms. The Morgan fingerprint density at radius 1 is 1.08 bits per heavy atom. The molecule has 3 aromatic rings. The maximum atomic E-state index is 11.1. The zero-order valence-corrected chi connectivity index (χ0v) is 14.6. The summed E-state index contributed by atoms with van der Waals surface area (Å²) in [6, 6.07) is 9.20. The van der Waals surface area contributed by atoms with Gasteiger partial charge < -0.3 is 15.2 Å². The summed E-state index contributed by atoms with van der Waals surface area (Å²) in [5.41, 5.74) is 8.27. The van der Waals surface area contributed by atoms with E-state index in [1.54, 1.807) is 39.3 Å². The van der Waals surface area contributed by atoms with E-state index >= 15 is 0 Å². The first kappa shape index (κ1) is 17.6. The van der Waals surface area contributed by atoms with Crippen LogP contribution in [-0.2, 0) is 0 Å². The van der Waals surface area contributed by atoms with Crippen LogP contribution < -0.4 is 15.2 Å². The molecule has 0 saturated carbocycles. The number of nitrogens with zero attached hydrogens (tertiary/aromatic N) is 3. The molecule has 0 fully saturated rings. The lowest BCUT2D eigenvalue weighted by Crippen LogP contribution is -2.15. The van der Waals surface area contributed by atoms with E-state index in [0.717, 1.165) is 5.56 Å². The molecule has 0 aliphatic heterocycles. The predicted octanol–water partition coefficient (Wildman–Crippen LogP) is 2.91. The van der Waals surface area contributed by atoms with Gasteiger partial charge in [0.05, 0.1) is 36.4 Å². The molecule has 3 rings (SSSR count). The molecule has 8 heteroatoms. The van der Waals surface area contributed by atoms with E-state index in [0.29, 0.717) is 33.9 Å². The van der Waals surface area contributed by atoms with Gasteiger partial charge in [0.25, 0.3) is 5.69 Å². The molecule has 0 radical (unpaired) electrons. The smallest absolute Gasteiger partial charge is 0.270 e. The van der Waals surface area contributed by atoms with Gasteiger partial charge in [-0.25, -0.2) is 9.97 Å². The van der Waals surface area contributed by atoms with Crippen molar-refractivity contribution in [3.05, 3.63) is 63.6 Å². The molecule has 2 N–H and O–H groups in total. The third-order valence-corrected chi connectivity index (χ3v) is 4.09. The number of rotatable bonds is 5. The molecular formula is C18H18N4O4. The molecule has 2 aromatic carbocycles. The molecule has 0 saturated heterocycles. The second-order valence-corrected chi connectivity index (χ2v) is 5.71. The summed E-state index contributed by atoms with van der Waals surface area (Å²) in [7, 11) is 3.10. The highest BCUT2D eigenvalue weighted by Gasteiger charge is 2.19. The number of nitrogens with two attached hydrogens (primary N) is 1. The number of non-ortho nitro benzene ring substituents is 1. The lowest BCUT2D eigenvalue weighted by molar-refractivity contribution is -0.384. The van der Waals surface area contributed by atoms with Crippen LogP contribution in [0.1, 0.15) is 23.1 Å². The normalized spacial score (nSPS) is 12.0. The van der Waals surface area contributed by atoms with Crippen LogP contribution >= 0.6 is 0 Å². The third kappa shape index (κ3) is 3.14. The van der Waals surface area contributed by atoms with Gasteiger partial charge in [-0.05, 0) is 30.7 Å². The number of nitro groups is 1. The Bertz CT molecular complexity index is 990. The second-order valence-electron chi connectivity index (χ2n) is 5.71. The number of aryl methyl sites for hydroxylation is 1. The fourth-order valence-electron chi connectivity index (χ4n) is 2.82. The maximum absolute atomic E-state index is 11.1.